The Balaban J connectivity index is 1.12. The van der Waals surface area contributed by atoms with Crippen LogP contribution in [-0.4, -0.2) is 17.1 Å². The zero-order valence-corrected chi connectivity index (χ0v) is 18.9. The molecule has 3 aromatic carbocycles. The molecule has 4 heteroatoms. The zero-order valence-electron chi connectivity index (χ0n) is 18.1. The Hall–Kier alpha value is -2.88. The van der Waals surface area contributed by atoms with E-state index in [4.69, 9.17) is 11.6 Å². The zero-order chi connectivity index (χ0) is 21.8. The molecule has 0 bridgehead atoms. The van der Waals surface area contributed by atoms with Crippen LogP contribution in [0.4, 0.5) is 5.69 Å². The fraction of sp³-hybridized carbons (Fsp3) is 0.250. The van der Waals surface area contributed by atoms with Crippen molar-refractivity contribution in [3.05, 3.63) is 95.6 Å². The number of hydrogen-bond donors (Lipinski definition) is 2. The van der Waals surface area contributed by atoms with Crippen LogP contribution in [0.15, 0.2) is 85.1 Å². The van der Waals surface area contributed by atoms with Gasteiger partial charge in [0.2, 0.25) is 0 Å². The first-order valence-corrected chi connectivity index (χ1v) is 11.8. The first-order chi connectivity index (χ1) is 15.7. The summed E-state index contributed by atoms with van der Waals surface area (Å²) < 4.78 is 0. The second-order valence-electron chi connectivity index (χ2n) is 8.66. The summed E-state index contributed by atoms with van der Waals surface area (Å²) in [6.07, 6.45) is 6.57. The molecular formula is C28H28ClN3. The van der Waals surface area contributed by atoms with Gasteiger partial charge in [0, 0.05) is 40.9 Å². The molecule has 1 aliphatic carbocycles. The number of halogens is 1. The lowest BCUT2D eigenvalue weighted by Gasteiger charge is -2.30. The second-order valence-corrected chi connectivity index (χ2v) is 9.09. The molecule has 1 fully saturated rings. The topological polar surface area (TPSA) is 37.0 Å². The molecule has 1 heterocycles. The number of benzene rings is 3. The summed E-state index contributed by atoms with van der Waals surface area (Å²) >= 11 is 6.12. The lowest BCUT2D eigenvalue weighted by atomic mass is 9.90. The predicted octanol–water partition coefficient (Wildman–Crippen LogP) is 7.07. The summed E-state index contributed by atoms with van der Waals surface area (Å²) in [5, 5.41) is 9.37. The highest BCUT2D eigenvalue weighted by molar-refractivity contribution is 6.31. The summed E-state index contributed by atoms with van der Waals surface area (Å²) in [7, 11) is 0. The van der Waals surface area contributed by atoms with Gasteiger partial charge in [0.1, 0.15) is 0 Å². The van der Waals surface area contributed by atoms with E-state index >= 15 is 0 Å². The maximum absolute atomic E-state index is 6.12. The van der Waals surface area contributed by atoms with Gasteiger partial charge >= 0.3 is 0 Å². The van der Waals surface area contributed by atoms with Gasteiger partial charge in [0.25, 0.3) is 0 Å². The normalized spacial score (nSPS) is 18.5. The first kappa shape index (κ1) is 21.0. The molecular weight excluding hydrogens is 414 g/mol. The largest absolute Gasteiger partial charge is 0.382 e. The van der Waals surface area contributed by atoms with Gasteiger partial charge in [-0.1, -0.05) is 66.2 Å². The smallest absolute Gasteiger partial charge is 0.0737 e. The van der Waals surface area contributed by atoms with Gasteiger partial charge in [-0.05, 0) is 66.6 Å². The van der Waals surface area contributed by atoms with Crippen LogP contribution >= 0.6 is 11.6 Å². The number of pyridine rings is 1. The van der Waals surface area contributed by atoms with Crippen molar-refractivity contribution in [1.29, 1.82) is 0 Å². The van der Waals surface area contributed by atoms with E-state index in [2.05, 4.69) is 82.3 Å². The van der Waals surface area contributed by atoms with Gasteiger partial charge in [-0.15, -0.1) is 0 Å². The monoisotopic (exact) mass is 441 g/mol. The number of rotatable bonds is 6. The molecule has 0 unspecified atom stereocenters. The number of nitrogens with one attached hydrogen (secondary N) is 2. The first-order valence-electron chi connectivity index (χ1n) is 11.4. The van der Waals surface area contributed by atoms with Crippen LogP contribution in [0.5, 0.6) is 0 Å². The summed E-state index contributed by atoms with van der Waals surface area (Å²) in [6, 6.07) is 28.5. The molecule has 0 atom stereocenters. The van der Waals surface area contributed by atoms with Crippen molar-refractivity contribution in [3.8, 4) is 11.1 Å². The maximum Gasteiger partial charge on any atom is 0.0737 e. The van der Waals surface area contributed by atoms with E-state index in [0.717, 1.165) is 28.2 Å². The Morgan fingerprint density at radius 3 is 2.28 bits per heavy atom. The molecule has 162 valence electrons. The van der Waals surface area contributed by atoms with E-state index in [1.165, 1.54) is 42.4 Å². The molecule has 0 aliphatic heterocycles. The summed E-state index contributed by atoms with van der Waals surface area (Å²) in [5.41, 5.74) is 5.97. The van der Waals surface area contributed by atoms with Gasteiger partial charge in [-0.3, -0.25) is 4.98 Å². The highest BCUT2D eigenvalue weighted by atomic mass is 35.5. The third-order valence-electron chi connectivity index (χ3n) is 6.45. The third-order valence-corrected chi connectivity index (χ3v) is 6.68. The van der Waals surface area contributed by atoms with E-state index in [0.29, 0.717) is 12.1 Å². The van der Waals surface area contributed by atoms with Gasteiger partial charge < -0.3 is 10.6 Å². The minimum absolute atomic E-state index is 0.500. The molecule has 2 N–H and O–H groups in total. The Morgan fingerprint density at radius 1 is 0.781 bits per heavy atom. The van der Waals surface area contributed by atoms with Crippen LogP contribution in [0, 0.1) is 0 Å². The molecule has 1 aliphatic rings. The van der Waals surface area contributed by atoms with Crippen molar-refractivity contribution in [2.45, 2.75) is 44.3 Å². The van der Waals surface area contributed by atoms with Gasteiger partial charge in [0.15, 0.2) is 0 Å². The molecule has 0 saturated heterocycles. The predicted molar refractivity (Wildman–Crippen MR) is 135 cm³/mol. The molecule has 1 aromatic heterocycles. The van der Waals surface area contributed by atoms with E-state index in [1.54, 1.807) is 0 Å². The van der Waals surface area contributed by atoms with Crippen molar-refractivity contribution >= 4 is 28.2 Å². The fourth-order valence-electron chi connectivity index (χ4n) is 4.62. The molecule has 0 amide bonds. The molecule has 32 heavy (non-hydrogen) atoms. The molecule has 3 nitrogen and oxygen atoms in total. The van der Waals surface area contributed by atoms with Gasteiger partial charge in [-0.25, -0.2) is 0 Å². The summed E-state index contributed by atoms with van der Waals surface area (Å²) in [4.78, 5) is 4.45. The van der Waals surface area contributed by atoms with E-state index in [9.17, 15) is 0 Å². The average Bonchev–Trinajstić information content (AvgIpc) is 2.84. The average molecular weight is 442 g/mol. The van der Waals surface area contributed by atoms with Gasteiger partial charge in [-0.2, -0.15) is 0 Å². The maximum atomic E-state index is 6.12. The Morgan fingerprint density at radius 2 is 1.50 bits per heavy atom. The quantitative estimate of drug-likeness (QED) is 0.336. The van der Waals surface area contributed by atoms with Crippen molar-refractivity contribution in [1.82, 2.24) is 10.3 Å². The lowest BCUT2D eigenvalue weighted by molar-refractivity contribution is 0.353. The number of aromatic nitrogens is 1. The van der Waals surface area contributed by atoms with E-state index in [1.807, 2.05) is 18.3 Å². The van der Waals surface area contributed by atoms with Crippen LogP contribution in [0.3, 0.4) is 0 Å². The number of fused-ring (bicyclic) bond motifs is 1. The Kier molecular flexibility index (Phi) is 6.38. The molecule has 4 aromatic rings. The van der Waals surface area contributed by atoms with E-state index < -0.39 is 0 Å². The Bertz CT molecular complexity index is 1170. The third kappa shape index (κ3) is 4.95. The molecule has 1 saturated carbocycles. The van der Waals surface area contributed by atoms with Gasteiger partial charge in [0.05, 0.1) is 5.52 Å². The van der Waals surface area contributed by atoms with E-state index in [-0.39, 0.29) is 0 Å². The molecule has 0 radical (unpaired) electrons. The van der Waals surface area contributed by atoms with Crippen LogP contribution in [0.2, 0.25) is 5.02 Å². The number of hydrogen-bond acceptors (Lipinski definition) is 3. The molecule has 5 rings (SSSR count). The fourth-order valence-corrected chi connectivity index (χ4v) is 4.78. The van der Waals surface area contributed by atoms with Crippen molar-refractivity contribution < 1.29 is 0 Å². The standard InChI is InChI=1S/C28H28ClN3/c29-23-10-15-26-27(16-17-30-28(26)18-23)32-25-13-11-24(12-14-25)31-19-20-6-8-22(9-7-20)21-4-2-1-3-5-21/h1-10,15-18,24-25,31H,11-14,19H2,(H,30,32). The second kappa shape index (κ2) is 9.72. The lowest BCUT2D eigenvalue weighted by Crippen LogP contribution is -2.36. The van der Waals surface area contributed by atoms with Crippen LogP contribution in [-0.2, 0) is 6.54 Å². The molecule has 0 spiro atoms. The Labute approximate surface area is 194 Å². The van der Waals surface area contributed by atoms with Crippen LogP contribution < -0.4 is 10.6 Å². The SMILES string of the molecule is Clc1ccc2c(NC3CCC(NCc4ccc(-c5ccccc5)cc4)CC3)ccnc2c1. The highest BCUT2D eigenvalue weighted by Crippen LogP contribution is 2.28. The number of anilines is 1. The van der Waals surface area contributed by atoms with Crippen molar-refractivity contribution in [2.24, 2.45) is 0 Å². The minimum Gasteiger partial charge on any atom is -0.382 e. The highest BCUT2D eigenvalue weighted by Gasteiger charge is 2.21. The summed E-state index contributed by atoms with van der Waals surface area (Å²) in [6.45, 7) is 0.924. The van der Waals surface area contributed by atoms with Crippen LogP contribution in [0.25, 0.3) is 22.0 Å². The van der Waals surface area contributed by atoms with Crippen molar-refractivity contribution in [2.75, 3.05) is 5.32 Å². The van der Waals surface area contributed by atoms with Crippen molar-refractivity contribution in [3.63, 3.8) is 0 Å². The van der Waals surface area contributed by atoms with Crippen LogP contribution in [0.1, 0.15) is 31.2 Å². The minimum atomic E-state index is 0.500. The number of nitrogens with zero attached hydrogens (tertiary/aromatic N) is 1. The summed E-state index contributed by atoms with van der Waals surface area (Å²) in [5.74, 6) is 0.